The Morgan fingerprint density at radius 3 is 2.56 bits per heavy atom. The number of benzene rings is 2. The summed E-state index contributed by atoms with van der Waals surface area (Å²) in [4.78, 5) is 25.7. The van der Waals surface area contributed by atoms with Crippen LogP contribution < -0.4 is 10.2 Å². The second kappa shape index (κ2) is 9.67. The molecule has 1 N–H and O–H groups in total. The molecule has 4 rings (SSSR count). The molecular formula is C28H30N2O4. The Balaban J connectivity index is 1.60. The van der Waals surface area contributed by atoms with Gasteiger partial charge in [-0.3, -0.25) is 4.79 Å². The van der Waals surface area contributed by atoms with Crippen molar-refractivity contribution in [2.24, 2.45) is 5.10 Å². The van der Waals surface area contributed by atoms with Crippen LogP contribution in [0.25, 0.3) is 0 Å². The largest absolute Gasteiger partial charge is 0.453 e. The van der Waals surface area contributed by atoms with E-state index in [1.165, 1.54) is 0 Å². The molecule has 0 unspecified atom stereocenters. The van der Waals surface area contributed by atoms with Crippen molar-refractivity contribution in [3.05, 3.63) is 87.4 Å². The van der Waals surface area contributed by atoms with Gasteiger partial charge in [0.25, 0.3) is 5.91 Å². The third-order valence-electron chi connectivity index (χ3n) is 6.19. The number of hydrogen-bond acceptors (Lipinski definition) is 5. The summed E-state index contributed by atoms with van der Waals surface area (Å²) in [6.07, 6.45) is 2.21. The minimum atomic E-state index is -0.525. The molecule has 6 nitrogen and oxygen atoms in total. The number of esters is 1. The van der Waals surface area contributed by atoms with Crippen LogP contribution in [0.2, 0.25) is 0 Å². The van der Waals surface area contributed by atoms with Gasteiger partial charge in [-0.15, -0.1) is 0 Å². The van der Waals surface area contributed by atoms with E-state index >= 15 is 0 Å². The Bertz CT molecular complexity index is 1280. The highest BCUT2D eigenvalue weighted by Gasteiger charge is 2.29. The van der Waals surface area contributed by atoms with Crippen LogP contribution in [0.5, 0.6) is 5.75 Å². The van der Waals surface area contributed by atoms with E-state index in [0.717, 1.165) is 28.7 Å². The predicted molar refractivity (Wildman–Crippen MR) is 132 cm³/mol. The molecule has 34 heavy (non-hydrogen) atoms. The molecule has 2 aromatic carbocycles. The van der Waals surface area contributed by atoms with Crippen LogP contribution in [-0.2, 0) is 6.42 Å². The van der Waals surface area contributed by atoms with Gasteiger partial charge in [-0.05, 0) is 68.4 Å². The monoisotopic (exact) mass is 458 g/mol. The summed E-state index contributed by atoms with van der Waals surface area (Å²) in [6, 6.07) is 13.2. The van der Waals surface area contributed by atoms with Crippen molar-refractivity contribution in [3.63, 3.8) is 0 Å². The fraction of sp³-hybridized carbons (Fsp3) is 0.321. The molecule has 0 saturated carbocycles. The molecule has 1 heterocycles. The maximum Gasteiger partial charge on any atom is 0.379 e. The maximum atomic E-state index is 13.1. The van der Waals surface area contributed by atoms with Gasteiger partial charge in [0.15, 0.2) is 0 Å². The zero-order valence-electron chi connectivity index (χ0n) is 20.3. The lowest BCUT2D eigenvalue weighted by atomic mass is 9.93. The lowest BCUT2D eigenvalue weighted by Crippen LogP contribution is -2.22. The quantitative estimate of drug-likeness (QED) is 0.288. The fourth-order valence-electron chi connectivity index (χ4n) is 4.33. The lowest BCUT2D eigenvalue weighted by molar-refractivity contribution is 0.0696. The smallest absolute Gasteiger partial charge is 0.379 e. The van der Waals surface area contributed by atoms with E-state index in [9.17, 15) is 9.59 Å². The molecule has 0 atom stereocenters. The molecule has 0 saturated heterocycles. The number of nitrogens with one attached hydrogen (secondary N) is 1. The zero-order valence-corrected chi connectivity index (χ0v) is 20.3. The lowest BCUT2D eigenvalue weighted by Gasteiger charge is -2.14. The van der Waals surface area contributed by atoms with Crippen molar-refractivity contribution < 1.29 is 18.7 Å². The molecule has 3 aromatic rings. The summed E-state index contributed by atoms with van der Waals surface area (Å²) in [7, 11) is 0. The van der Waals surface area contributed by atoms with Gasteiger partial charge >= 0.3 is 5.97 Å². The first kappa shape index (κ1) is 23.5. The molecule has 1 aliphatic rings. The number of nitrogens with zero attached hydrogens (tertiary/aromatic N) is 1. The third kappa shape index (κ3) is 4.67. The number of aryl methyl sites for hydroxylation is 3. The van der Waals surface area contributed by atoms with E-state index in [0.29, 0.717) is 41.2 Å². The highest BCUT2D eigenvalue weighted by atomic mass is 16.5. The second-order valence-corrected chi connectivity index (χ2v) is 9.11. The van der Waals surface area contributed by atoms with Crippen LogP contribution in [0.3, 0.4) is 0 Å². The van der Waals surface area contributed by atoms with E-state index in [4.69, 9.17) is 9.15 Å². The molecular weight excluding hydrogens is 428 g/mol. The average molecular weight is 459 g/mol. The van der Waals surface area contributed by atoms with Crippen molar-refractivity contribution in [2.45, 2.75) is 59.8 Å². The first-order valence-corrected chi connectivity index (χ1v) is 11.6. The summed E-state index contributed by atoms with van der Waals surface area (Å²) < 4.78 is 11.8. The third-order valence-corrected chi connectivity index (χ3v) is 6.19. The van der Waals surface area contributed by atoms with Gasteiger partial charge in [0.1, 0.15) is 11.5 Å². The van der Waals surface area contributed by atoms with Crippen molar-refractivity contribution in [3.8, 4) is 5.75 Å². The van der Waals surface area contributed by atoms with Crippen LogP contribution in [-0.4, -0.2) is 17.6 Å². The van der Waals surface area contributed by atoms with Crippen molar-refractivity contribution in [1.29, 1.82) is 0 Å². The van der Waals surface area contributed by atoms with Crippen LogP contribution >= 0.6 is 0 Å². The van der Waals surface area contributed by atoms with Crippen molar-refractivity contribution in [2.75, 3.05) is 0 Å². The first-order chi connectivity index (χ1) is 16.3. The van der Waals surface area contributed by atoms with E-state index in [2.05, 4.69) is 24.4 Å². The van der Waals surface area contributed by atoms with Gasteiger partial charge in [0.2, 0.25) is 5.76 Å². The number of carbonyl (C=O) groups is 2. The summed E-state index contributed by atoms with van der Waals surface area (Å²) in [5.41, 5.74) is 8.30. The fourth-order valence-corrected chi connectivity index (χ4v) is 4.33. The topological polar surface area (TPSA) is 80.9 Å². The van der Waals surface area contributed by atoms with E-state index in [1.807, 2.05) is 57.2 Å². The minimum Gasteiger partial charge on any atom is -0.453 e. The van der Waals surface area contributed by atoms with E-state index < -0.39 is 5.97 Å². The molecule has 176 valence electrons. The van der Waals surface area contributed by atoms with Crippen molar-refractivity contribution in [1.82, 2.24) is 5.43 Å². The summed E-state index contributed by atoms with van der Waals surface area (Å²) >= 11 is 0. The average Bonchev–Trinajstić information content (AvgIpc) is 3.15. The number of fused-ring (bicyclic) bond motifs is 1. The molecule has 6 heteroatoms. The minimum absolute atomic E-state index is 0.182. The van der Waals surface area contributed by atoms with Crippen molar-refractivity contribution >= 4 is 17.6 Å². The molecule has 0 aliphatic heterocycles. The number of amides is 1. The van der Waals surface area contributed by atoms with Gasteiger partial charge < -0.3 is 9.15 Å². The Labute approximate surface area is 200 Å². The van der Waals surface area contributed by atoms with Gasteiger partial charge in [0.05, 0.1) is 5.71 Å². The molecule has 1 aliphatic carbocycles. The van der Waals surface area contributed by atoms with E-state index in [1.54, 1.807) is 6.07 Å². The van der Waals surface area contributed by atoms with Gasteiger partial charge in [-0.2, -0.15) is 5.10 Å². The first-order valence-electron chi connectivity index (χ1n) is 11.6. The Hall–Kier alpha value is -3.67. The van der Waals surface area contributed by atoms with Crippen LogP contribution in [0.15, 0.2) is 52.0 Å². The van der Waals surface area contributed by atoms with Crippen LogP contribution in [0.4, 0.5) is 0 Å². The normalized spacial score (nSPS) is 14.2. The SMILES string of the molecule is Cc1ccc(C(C)C)c(OC(=O)c2oc3c(c2C)/C(=N/NC(=O)c2ccccc2C)CCC3)c1. The molecule has 0 spiro atoms. The van der Waals surface area contributed by atoms with Gasteiger partial charge in [0, 0.05) is 23.1 Å². The Morgan fingerprint density at radius 1 is 1.06 bits per heavy atom. The molecule has 0 bridgehead atoms. The highest BCUT2D eigenvalue weighted by Crippen LogP contribution is 2.32. The van der Waals surface area contributed by atoms with Gasteiger partial charge in [-0.25, -0.2) is 10.2 Å². The number of rotatable bonds is 5. The van der Waals surface area contributed by atoms with Gasteiger partial charge in [-0.1, -0.05) is 44.2 Å². The van der Waals surface area contributed by atoms with E-state index in [-0.39, 0.29) is 17.6 Å². The number of carbonyl (C=O) groups excluding carboxylic acids is 2. The summed E-state index contributed by atoms with van der Waals surface area (Å²) in [5.74, 6) is 0.855. The molecule has 0 fully saturated rings. The second-order valence-electron chi connectivity index (χ2n) is 9.11. The highest BCUT2D eigenvalue weighted by molar-refractivity contribution is 6.07. The predicted octanol–water partition coefficient (Wildman–Crippen LogP) is 6.02. The number of furan rings is 1. The van der Waals surface area contributed by atoms with Crippen LogP contribution in [0.1, 0.15) is 87.1 Å². The Morgan fingerprint density at radius 2 is 1.82 bits per heavy atom. The summed E-state index contributed by atoms with van der Waals surface area (Å²) in [6.45, 7) is 9.81. The number of hydrazone groups is 1. The van der Waals surface area contributed by atoms with Crippen LogP contribution in [0, 0.1) is 20.8 Å². The Kier molecular flexibility index (Phi) is 6.68. The molecule has 1 aromatic heterocycles. The zero-order chi connectivity index (χ0) is 24.4. The standard InChI is InChI=1S/C28H30N2O4/c1-16(2)20-14-13-17(3)15-24(20)34-28(32)26-19(5)25-22(11-8-12-23(25)33-26)29-30-27(31)21-10-7-6-9-18(21)4/h6-7,9-10,13-16H,8,11-12H2,1-5H3,(H,30,31)/b29-22+. The summed E-state index contributed by atoms with van der Waals surface area (Å²) in [5, 5.41) is 4.41. The maximum absolute atomic E-state index is 13.1. The number of hydrogen-bond donors (Lipinski definition) is 1. The number of ether oxygens (including phenoxy) is 1. The molecule has 0 radical (unpaired) electrons. The molecule has 1 amide bonds.